The van der Waals surface area contributed by atoms with E-state index in [0.717, 1.165) is 31.4 Å². The molecule has 0 unspecified atom stereocenters. The zero-order valence-electron chi connectivity index (χ0n) is 27.0. The first-order valence-corrected chi connectivity index (χ1v) is 16.0. The molecule has 238 valence electrons. The molecule has 6 nitrogen and oxygen atoms in total. The second kappa shape index (κ2) is 15.2. The summed E-state index contributed by atoms with van der Waals surface area (Å²) in [4.78, 5) is 26.0. The van der Waals surface area contributed by atoms with E-state index in [4.69, 9.17) is 32.7 Å². The third-order valence-corrected chi connectivity index (χ3v) is 9.28. The van der Waals surface area contributed by atoms with Crippen molar-refractivity contribution in [3.8, 4) is 11.5 Å². The van der Waals surface area contributed by atoms with Crippen LogP contribution in [0.25, 0.3) is 0 Å². The van der Waals surface area contributed by atoms with Gasteiger partial charge in [-0.05, 0) is 78.0 Å². The van der Waals surface area contributed by atoms with E-state index in [1.54, 1.807) is 36.4 Å². The number of unbranched alkanes of at least 4 members (excludes halogenated alkanes) is 1. The molecular formula is C36H46Cl2N2O4. The average molecular weight is 642 g/mol. The molecule has 0 aliphatic heterocycles. The van der Waals surface area contributed by atoms with Crippen LogP contribution in [0.5, 0.6) is 11.5 Å². The van der Waals surface area contributed by atoms with Gasteiger partial charge in [0.05, 0.1) is 19.3 Å². The van der Waals surface area contributed by atoms with Crippen LogP contribution in [-0.2, 0) is 20.0 Å². The number of hydrogen-bond acceptors (Lipinski definition) is 4. The number of methoxy groups -OCH3 is 1. The van der Waals surface area contributed by atoms with Gasteiger partial charge in [0.1, 0.15) is 11.5 Å². The first-order chi connectivity index (χ1) is 20.8. The number of benzene rings is 3. The van der Waals surface area contributed by atoms with Crippen LogP contribution in [-0.4, -0.2) is 32.1 Å². The number of hydrogen-bond donors (Lipinski definition) is 2. The summed E-state index contributed by atoms with van der Waals surface area (Å²) in [5, 5.41) is 5.64. The summed E-state index contributed by atoms with van der Waals surface area (Å²) < 4.78 is 9.75. The predicted molar refractivity (Wildman–Crippen MR) is 182 cm³/mol. The lowest BCUT2D eigenvalue weighted by atomic mass is 9.76. The maximum atomic E-state index is 13.1. The van der Waals surface area contributed by atoms with Crippen LogP contribution in [0.4, 0.5) is 5.69 Å². The Morgan fingerprint density at radius 3 is 2.07 bits per heavy atom. The van der Waals surface area contributed by atoms with E-state index in [0.29, 0.717) is 24.6 Å². The number of para-hydroxylation sites is 1. The Labute approximate surface area is 272 Å². The largest absolute Gasteiger partial charge is 0.496 e. The molecule has 0 radical (unpaired) electrons. The average Bonchev–Trinajstić information content (AvgIpc) is 3.02. The molecule has 0 saturated carbocycles. The zero-order chi connectivity index (χ0) is 32.5. The molecule has 0 spiro atoms. The van der Waals surface area contributed by atoms with Gasteiger partial charge in [0.25, 0.3) is 11.8 Å². The molecule has 0 aromatic heterocycles. The molecule has 8 heteroatoms. The molecule has 44 heavy (non-hydrogen) atoms. The fourth-order valence-electron chi connectivity index (χ4n) is 4.65. The summed E-state index contributed by atoms with van der Waals surface area (Å²) in [6.07, 6.45) is 3.54. The number of nitrogens with one attached hydrogen (secondary N) is 2. The lowest BCUT2D eigenvalue weighted by Gasteiger charge is -2.30. The quantitative estimate of drug-likeness (QED) is 0.128. The monoisotopic (exact) mass is 640 g/mol. The van der Waals surface area contributed by atoms with E-state index in [-0.39, 0.29) is 27.9 Å². The van der Waals surface area contributed by atoms with Crippen LogP contribution in [0.15, 0.2) is 66.7 Å². The summed E-state index contributed by atoms with van der Waals surface area (Å²) in [6, 6.07) is 20.1. The Balaban J connectivity index is 1.60. The van der Waals surface area contributed by atoms with E-state index >= 15 is 0 Å². The maximum Gasteiger partial charge on any atom is 0.265 e. The fourth-order valence-corrected chi connectivity index (χ4v) is 4.98. The van der Waals surface area contributed by atoms with E-state index in [1.807, 2.05) is 6.07 Å². The van der Waals surface area contributed by atoms with Gasteiger partial charge in [-0.25, -0.2) is 0 Å². The highest BCUT2D eigenvalue weighted by Gasteiger charge is 2.37. The van der Waals surface area contributed by atoms with E-state index in [9.17, 15) is 9.59 Å². The van der Waals surface area contributed by atoms with Crippen molar-refractivity contribution in [2.75, 3.05) is 25.6 Å². The Morgan fingerprint density at radius 1 is 0.795 bits per heavy atom. The molecule has 0 fully saturated rings. The number of halogens is 2. The molecule has 0 aliphatic rings. The van der Waals surface area contributed by atoms with E-state index in [1.165, 1.54) is 24.3 Å². The van der Waals surface area contributed by atoms with Gasteiger partial charge in [0.15, 0.2) is 0 Å². The predicted octanol–water partition coefficient (Wildman–Crippen LogP) is 8.93. The SMILES string of the molecule is CCC(C)(C)c1ccc(OCCCCNC(=O)c2cc(C(Cl)(Cl)C(=O)Nc3ccccc3)ccc2OC)c(C(C)(C)CC)c1. The van der Waals surface area contributed by atoms with E-state index < -0.39 is 10.2 Å². The van der Waals surface area contributed by atoms with Crippen molar-refractivity contribution < 1.29 is 19.1 Å². The van der Waals surface area contributed by atoms with E-state index in [2.05, 4.69) is 70.4 Å². The van der Waals surface area contributed by atoms with Gasteiger partial charge < -0.3 is 20.1 Å². The number of anilines is 1. The Kier molecular flexibility index (Phi) is 12.2. The normalized spacial score (nSPS) is 12.0. The van der Waals surface area contributed by atoms with Gasteiger partial charge in [-0.3, -0.25) is 9.59 Å². The zero-order valence-corrected chi connectivity index (χ0v) is 28.5. The van der Waals surface area contributed by atoms with Crippen molar-refractivity contribution in [1.29, 1.82) is 0 Å². The third-order valence-electron chi connectivity index (χ3n) is 8.50. The first kappa shape index (κ1) is 35.3. The second-order valence-electron chi connectivity index (χ2n) is 12.3. The maximum absolute atomic E-state index is 13.1. The molecule has 3 rings (SSSR count). The molecule has 0 aliphatic carbocycles. The molecule has 3 aromatic carbocycles. The van der Waals surface area contributed by atoms with Crippen LogP contribution in [0.3, 0.4) is 0 Å². The minimum atomic E-state index is -1.93. The lowest BCUT2D eigenvalue weighted by molar-refractivity contribution is -0.117. The smallest absolute Gasteiger partial charge is 0.265 e. The Morgan fingerprint density at radius 2 is 1.43 bits per heavy atom. The fraction of sp³-hybridized carbons (Fsp3) is 0.444. The number of alkyl halides is 2. The highest BCUT2D eigenvalue weighted by Crippen LogP contribution is 2.39. The van der Waals surface area contributed by atoms with Gasteiger partial charge in [-0.1, -0.05) is 101 Å². The molecule has 2 amide bonds. The van der Waals surface area contributed by atoms with Crippen LogP contribution >= 0.6 is 23.2 Å². The molecule has 0 heterocycles. The molecular weight excluding hydrogens is 595 g/mol. The van der Waals surface area contributed by atoms with Gasteiger partial charge in [-0.2, -0.15) is 0 Å². The van der Waals surface area contributed by atoms with Crippen molar-refractivity contribution in [3.63, 3.8) is 0 Å². The van der Waals surface area contributed by atoms with Crippen LogP contribution < -0.4 is 20.1 Å². The Hall–Kier alpha value is -3.22. The van der Waals surface area contributed by atoms with Gasteiger partial charge in [-0.15, -0.1) is 0 Å². The first-order valence-electron chi connectivity index (χ1n) is 15.3. The molecule has 0 bridgehead atoms. The highest BCUT2D eigenvalue weighted by molar-refractivity contribution is 6.58. The van der Waals surface area contributed by atoms with Crippen LogP contribution in [0.2, 0.25) is 0 Å². The molecule has 0 saturated heterocycles. The topological polar surface area (TPSA) is 76.7 Å². The summed E-state index contributed by atoms with van der Waals surface area (Å²) in [6.45, 7) is 14.5. The second-order valence-corrected chi connectivity index (χ2v) is 13.6. The van der Waals surface area contributed by atoms with Crippen molar-refractivity contribution in [2.45, 2.75) is 82.4 Å². The standard InChI is InChI=1S/C36H46Cl2N2O4/c1-8-34(3,4)25-17-20-31(29(24-25)35(5,6)9-2)44-22-14-13-21-39-32(41)28-23-26(18-19-30(28)43-7)36(37,38)33(42)40-27-15-11-10-12-16-27/h10-12,15-20,23-24H,8-9,13-14,21-22H2,1-7H3,(H,39,41)(H,40,42). The Bertz CT molecular complexity index is 1420. The van der Waals surface area contributed by atoms with Gasteiger partial charge in [0, 0.05) is 17.8 Å². The van der Waals surface area contributed by atoms with Crippen molar-refractivity contribution in [2.24, 2.45) is 0 Å². The number of carbonyl (C=O) groups is 2. The number of amides is 2. The van der Waals surface area contributed by atoms with Gasteiger partial charge in [0.2, 0.25) is 4.33 Å². The highest BCUT2D eigenvalue weighted by atomic mass is 35.5. The summed E-state index contributed by atoms with van der Waals surface area (Å²) >= 11 is 13.0. The minimum absolute atomic E-state index is 0.0113. The molecule has 3 aromatic rings. The van der Waals surface area contributed by atoms with Gasteiger partial charge >= 0.3 is 0 Å². The number of rotatable bonds is 15. The minimum Gasteiger partial charge on any atom is -0.496 e. The summed E-state index contributed by atoms with van der Waals surface area (Å²) in [5.41, 5.74) is 3.69. The summed E-state index contributed by atoms with van der Waals surface area (Å²) in [7, 11) is 1.48. The summed E-state index contributed by atoms with van der Waals surface area (Å²) in [5.74, 6) is 0.291. The number of ether oxygens (including phenoxy) is 2. The van der Waals surface area contributed by atoms with Crippen LogP contribution in [0.1, 0.15) is 94.3 Å². The van der Waals surface area contributed by atoms with Crippen molar-refractivity contribution in [1.82, 2.24) is 5.32 Å². The molecule has 0 atom stereocenters. The molecule has 2 N–H and O–H groups in total. The van der Waals surface area contributed by atoms with Crippen LogP contribution in [0, 0.1) is 0 Å². The number of carbonyl (C=O) groups excluding carboxylic acids is 2. The lowest BCUT2D eigenvalue weighted by Crippen LogP contribution is -2.31. The van der Waals surface area contributed by atoms with Crippen molar-refractivity contribution >= 4 is 40.7 Å². The van der Waals surface area contributed by atoms with Crippen molar-refractivity contribution in [3.05, 3.63) is 89.0 Å². The third kappa shape index (κ3) is 8.70.